The number of morpholine rings is 1. The summed E-state index contributed by atoms with van der Waals surface area (Å²) in [6.07, 6.45) is 3.87. The predicted molar refractivity (Wildman–Crippen MR) is 123 cm³/mol. The zero-order valence-corrected chi connectivity index (χ0v) is 19.2. The van der Waals surface area contributed by atoms with Crippen LogP contribution in [-0.2, 0) is 32.8 Å². The minimum Gasteiger partial charge on any atom is -0.378 e. The van der Waals surface area contributed by atoms with Crippen LogP contribution in [0.15, 0.2) is 30.3 Å². The molecular weight excluding hydrogens is 454 g/mol. The fourth-order valence-corrected chi connectivity index (χ4v) is 4.01. The molecule has 0 unspecified atom stereocenters. The van der Waals surface area contributed by atoms with E-state index >= 15 is 0 Å². The zero-order chi connectivity index (χ0) is 24.0. The minimum atomic E-state index is -3.62. The van der Waals surface area contributed by atoms with Crippen molar-refractivity contribution in [2.75, 3.05) is 42.2 Å². The van der Waals surface area contributed by atoms with Gasteiger partial charge in [-0.1, -0.05) is 6.07 Å². The molecule has 2 N–H and O–H groups in total. The average molecular weight is 481 g/mol. The lowest BCUT2D eigenvalue weighted by Gasteiger charge is -2.29. The molecule has 2 heterocycles. The van der Waals surface area contributed by atoms with Crippen LogP contribution < -0.4 is 14.9 Å². The average Bonchev–Trinajstić information content (AvgIpc) is 2.78. The molecule has 1 aromatic carbocycles. The van der Waals surface area contributed by atoms with Crippen LogP contribution in [0.5, 0.6) is 0 Å². The topological polar surface area (TPSA) is 101 Å². The van der Waals surface area contributed by atoms with E-state index in [9.17, 15) is 22.0 Å². The Morgan fingerprint density at radius 2 is 2.00 bits per heavy atom. The quantitative estimate of drug-likeness (QED) is 0.564. The highest BCUT2D eigenvalue weighted by Gasteiger charge is 2.16. The second kappa shape index (κ2) is 10.7. The van der Waals surface area contributed by atoms with Gasteiger partial charge in [0.2, 0.25) is 15.9 Å². The van der Waals surface area contributed by atoms with E-state index in [1.165, 1.54) is 12.1 Å². The fraction of sp³-hybridized carbons (Fsp3) is 0.364. The molecule has 0 atom stereocenters. The maximum Gasteiger partial charge on any atom is 0.244 e. The SMILES string of the molecule is Cc1cc(CNC(=O)/C=C/c2ccc(CF)nc2N2CCOCC2)cc(F)c1NS(C)(=O)=O. The summed E-state index contributed by atoms with van der Waals surface area (Å²) < 4.78 is 57.7. The maximum atomic E-state index is 14.3. The third kappa shape index (κ3) is 6.96. The third-order valence-electron chi connectivity index (χ3n) is 4.93. The van der Waals surface area contributed by atoms with Crippen molar-refractivity contribution in [2.24, 2.45) is 0 Å². The van der Waals surface area contributed by atoms with Gasteiger partial charge in [0.1, 0.15) is 18.3 Å². The van der Waals surface area contributed by atoms with Crippen molar-refractivity contribution in [2.45, 2.75) is 20.1 Å². The Bertz CT molecular complexity index is 1130. The lowest BCUT2D eigenvalue weighted by molar-refractivity contribution is -0.116. The first-order valence-electron chi connectivity index (χ1n) is 10.3. The smallest absolute Gasteiger partial charge is 0.244 e. The number of pyridine rings is 1. The number of hydrogen-bond donors (Lipinski definition) is 2. The summed E-state index contributed by atoms with van der Waals surface area (Å²) in [6, 6.07) is 6.04. The van der Waals surface area contributed by atoms with Crippen LogP contribution in [0.25, 0.3) is 6.08 Å². The van der Waals surface area contributed by atoms with Crippen LogP contribution in [-0.4, -0.2) is 51.9 Å². The number of ether oxygens (including phenoxy) is 1. The maximum absolute atomic E-state index is 14.3. The van der Waals surface area contributed by atoms with Gasteiger partial charge in [-0.05, 0) is 42.3 Å². The lowest BCUT2D eigenvalue weighted by Crippen LogP contribution is -2.37. The molecule has 3 rings (SSSR count). The van der Waals surface area contributed by atoms with E-state index in [1.54, 1.807) is 31.2 Å². The number of alkyl halides is 1. The second-order valence-corrected chi connectivity index (χ2v) is 9.39. The highest BCUT2D eigenvalue weighted by atomic mass is 32.2. The molecule has 0 spiro atoms. The van der Waals surface area contributed by atoms with Gasteiger partial charge < -0.3 is 15.0 Å². The standard InChI is InChI=1S/C22H26F2N4O4S/c1-15-11-16(12-19(24)21(15)27-33(2,30)31)14-25-20(29)6-4-17-3-5-18(13-23)26-22(17)28-7-9-32-10-8-28/h3-6,11-12,27H,7-10,13-14H2,1-2H3,(H,25,29)/b6-4+. The summed E-state index contributed by atoms with van der Waals surface area (Å²) in [7, 11) is -3.62. The van der Waals surface area contributed by atoms with Crippen LogP contribution in [0.1, 0.15) is 22.4 Å². The van der Waals surface area contributed by atoms with Gasteiger partial charge in [-0.25, -0.2) is 22.2 Å². The number of hydrogen-bond acceptors (Lipinski definition) is 6. The van der Waals surface area contributed by atoms with Crippen LogP contribution in [0.4, 0.5) is 20.3 Å². The van der Waals surface area contributed by atoms with Gasteiger partial charge in [0.15, 0.2) is 0 Å². The van der Waals surface area contributed by atoms with Crippen LogP contribution >= 0.6 is 0 Å². The van der Waals surface area contributed by atoms with E-state index < -0.39 is 28.4 Å². The van der Waals surface area contributed by atoms with E-state index in [2.05, 4.69) is 15.0 Å². The van der Waals surface area contributed by atoms with Gasteiger partial charge >= 0.3 is 0 Å². The highest BCUT2D eigenvalue weighted by molar-refractivity contribution is 7.92. The van der Waals surface area contributed by atoms with E-state index in [0.29, 0.717) is 54.5 Å². The van der Waals surface area contributed by atoms with Crippen molar-refractivity contribution in [3.05, 3.63) is 58.5 Å². The van der Waals surface area contributed by atoms with Gasteiger partial charge in [-0.2, -0.15) is 0 Å². The van der Waals surface area contributed by atoms with Crippen LogP contribution in [0, 0.1) is 12.7 Å². The molecule has 0 bridgehead atoms. The number of nitrogens with zero attached hydrogens (tertiary/aromatic N) is 2. The summed E-state index contributed by atoms with van der Waals surface area (Å²) in [4.78, 5) is 18.7. The van der Waals surface area contributed by atoms with E-state index in [0.717, 1.165) is 6.26 Å². The van der Waals surface area contributed by atoms with Crippen LogP contribution in [0.2, 0.25) is 0 Å². The number of nitrogens with one attached hydrogen (secondary N) is 2. The molecular formula is C22H26F2N4O4S. The number of carbonyl (C=O) groups excluding carboxylic acids is 1. The van der Waals surface area contributed by atoms with Gasteiger partial charge in [-0.3, -0.25) is 9.52 Å². The molecule has 0 aliphatic carbocycles. The molecule has 1 aliphatic rings. The molecule has 0 saturated carbocycles. The molecule has 0 radical (unpaired) electrons. The molecule has 1 amide bonds. The number of anilines is 2. The number of benzene rings is 1. The lowest BCUT2D eigenvalue weighted by atomic mass is 10.1. The molecule has 2 aromatic rings. The van der Waals surface area contributed by atoms with Gasteiger partial charge in [0.05, 0.1) is 30.9 Å². The van der Waals surface area contributed by atoms with Crippen molar-refractivity contribution in [1.82, 2.24) is 10.3 Å². The second-order valence-electron chi connectivity index (χ2n) is 7.64. The number of halogens is 2. The summed E-state index contributed by atoms with van der Waals surface area (Å²) in [5.74, 6) is -0.549. The third-order valence-corrected chi connectivity index (χ3v) is 5.50. The molecule has 178 valence electrons. The van der Waals surface area contributed by atoms with E-state index in [4.69, 9.17) is 4.74 Å². The predicted octanol–water partition coefficient (Wildman–Crippen LogP) is 2.54. The summed E-state index contributed by atoms with van der Waals surface area (Å²) in [5.41, 5.74) is 1.74. The Hall–Kier alpha value is -3.05. The Labute approximate surface area is 191 Å². The van der Waals surface area contributed by atoms with E-state index in [1.807, 2.05) is 4.90 Å². The van der Waals surface area contributed by atoms with Crippen molar-refractivity contribution in [1.29, 1.82) is 0 Å². The van der Waals surface area contributed by atoms with Gasteiger partial charge in [0, 0.05) is 31.3 Å². The number of carbonyl (C=O) groups is 1. The Kier molecular flexibility index (Phi) is 7.98. The normalized spacial score (nSPS) is 14.5. The first kappa shape index (κ1) is 24.6. The highest BCUT2D eigenvalue weighted by Crippen LogP contribution is 2.23. The summed E-state index contributed by atoms with van der Waals surface area (Å²) in [5, 5.41) is 2.67. The molecule has 33 heavy (non-hydrogen) atoms. The summed E-state index contributed by atoms with van der Waals surface area (Å²) in [6.45, 7) is 3.25. The molecule has 8 nitrogen and oxygen atoms in total. The van der Waals surface area contributed by atoms with Gasteiger partial charge in [0.25, 0.3) is 0 Å². The molecule has 1 aromatic heterocycles. The Morgan fingerprint density at radius 1 is 1.27 bits per heavy atom. The van der Waals surface area contributed by atoms with Gasteiger partial charge in [-0.15, -0.1) is 0 Å². The monoisotopic (exact) mass is 480 g/mol. The van der Waals surface area contributed by atoms with Crippen molar-refractivity contribution in [3.63, 3.8) is 0 Å². The first-order valence-corrected chi connectivity index (χ1v) is 12.2. The fourth-order valence-electron chi connectivity index (χ4n) is 3.38. The zero-order valence-electron chi connectivity index (χ0n) is 18.4. The molecule has 1 aliphatic heterocycles. The van der Waals surface area contributed by atoms with E-state index in [-0.39, 0.29) is 12.2 Å². The number of rotatable bonds is 8. The first-order chi connectivity index (χ1) is 15.7. The Morgan fingerprint density at radius 3 is 2.64 bits per heavy atom. The molecule has 11 heteroatoms. The minimum absolute atomic E-state index is 0.0510. The number of aryl methyl sites for hydroxylation is 1. The number of amides is 1. The van der Waals surface area contributed by atoms with Crippen molar-refractivity contribution < 1.29 is 26.7 Å². The summed E-state index contributed by atoms with van der Waals surface area (Å²) >= 11 is 0. The number of aromatic nitrogens is 1. The molecule has 1 saturated heterocycles. The Balaban J connectivity index is 1.68. The van der Waals surface area contributed by atoms with Crippen LogP contribution in [0.3, 0.4) is 0 Å². The largest absolute Gasteiger partial charge is 0.378 e. The number of sulfonamides is 1. The van der Waals surface area contributed by atoms with Crippen molar-refractivity contribution >= 4 is 33.5 Å². The van der Waals surface area contributed by atoms with Crippen molar-refractivity contribution in [3.8, 4) is 0 Å². The molecule has 1 fully saturated rings.